The number of esters is 1. The van der Waals surface area contributed by atoms with Gasteiger partial charge in [0.2, 0.25) is 0 Å². The first-order valence-electron chi connectivity index (χ1n) is 6.22. The minimum Gasteiger partial charge on any atom is -0.459 e. The van der Waals surface area contributed by atoms with Crippen molar-refractivity contribution >= 4 is 17.3 Å². The zero-order valence-electron chi connectivity index (χ0n) is 10.6. The Labute approximate surface area is 111 Å². The van der Waals surface area contributed by atoms with Crippen LogP contribution in [0.4, 0.5) is 0 Å². The summed E-state index contributed by atoms with van der Waals surface area (Å²) >= 11 is 1.44. The Morgan fingerprint density at radius 2 is 2.28 bits per heavy atom. The van der Waals surface area contributed by atoms with Gasteiger partial charge in [0.1, 0.15) is 11.5 Å². The molecule has 5 heteroatoms. The van der Waals surface area contributed by atoms with Crippen LogP contribution in [-0.2, 0) is 11.2 Å². The van der Waals surface area contributed by atoms with Crippen LogP contribution in [0.3, 0.4) is 0 Å². The SMILES string of the molecule is CCCc1ccc(C(=O)OCC(O)CCCO)s1. The van der Waals surface area contributed by atoms with E-state index >= 15 is 0 Å². The van der Waals surface area contributed by atoms with Crippen molar-refractivity contribution in [3.05, 3.63) is 21.9 Å². The molecule has 0 fully saturated rings. The Morgan fingerprint density at radius 1 is 1.50 bits per heavy atom. The zero-order valence-corrected chi connectivity index (χ0v) is 11.4. The van der Waals surface area contributed by atoms with Crippen LogP contribution in [0.1, 0.15) is 40.7 Å². The van der Waals surface area contributed by atoms with Gasteiger partial charge in [-0.1, -0.05) is 13.3 Å². The lowest BCUT2D eigenvalue weighted by atomic mass is 10.2. The average Bonchev–Trinajstić information content (AvgIpc) is 2.82. The first-order chi connectivity index (χ1) is 8.67. The number of carbonyl (C=O) groups is 1. The summed E-state index contributed by atoms with van der Waals surface area (Å²) in [5, 5.41) is 18.1. The lowest BCUT2D eigenvalue weighted by molar-refractivity contribution is 0.0229. The standard InChI is InChI=1S/C13H20O4S/c1-2-4-11-6-7-12(18-11)13(16)17-9-10(15)5-3-8-14/h6-7,10,14-15H,2-5,8-9H2,1H3. The molecule has 0 aliphatic rings. The summed E-state index contributed by atoms with van der Waals surface area (Å²) in [5.74, 6) is -0.384. The van der Waals surface area contributed by atoms with Crippen LogP contribution in [0.25, 0.3) is 0 Å². The third kappa shape index (κ3) is 5.16. The topological polar surface area (TPSA) is 66.8 Å². The van der Waals surface area contributed by atoms with E-state index in [0.717, 1.165) is 12.8 Å². The maximum atomic E-state index is 11.7. The molecule has 2 N–H and O–H groups in total. The summed E-state index contributed by atoms with van der Waals surface area (Å²) < 4.78 is 5.02. The molecular formula is C13H20O4S. The van der Waals surface area contributed by atoms with E-state index in [2.05, 4.69) is 6.92 Å². The first kappa shape index (κ1) is 15.1. The number of aryl methyl sites for hydroxylation is 1. The van der Waals surface area contributed by atoms with Crippen LogP contribution in [0.5, 0.6) is 0 Å². The summed E-state index contributed by atoms with van der Waals surface area (Å²) in [6.07, 6.45) is 2.27. The average molecular weight is 272 g/mol. The molecule has 0 aliphatic heterocycles. The van der Waals surface area contributed by atoms with Gasteiger partial charge in [-0.15, -0.1) is 11.3 Å². The number of carbonyl (C=O) groups excluding carboxylic acids is 1. The van der Waals surface area contributed by atoms with E-state index in [1.165, 1.54) is 16.2 Å². The van der Waals surface area contributed by atoms with Crippen LogP contribution in [-0.4, -0.2) is 35.5 Å². The fourth-order valence-electron chi connectivity index (χ4n) is 1.52. The molecule has 0 aromatic carbocycles. The summed E-state index contributed by atoms with van der Waals surface area (Å²) in [5.41, 5.74) is 0. The molecule has 4 nitrogen and oxygen atoms in total. The van der Waals surface area contributed by atoms with Gasteiger partial charge in [-0.05, 0) is 31.4 Å². The highest BCUT2D eigenvalue weighted by molar-refractivity contribution is 7.13. The van der Waals surface area contributed by atoms with Crippen LogP contribution in [0, 0.1) is 0 Å². The van der Waals surface area contributed by atoms with Gasteiger partial charge in [0, 0.05) is 11.5 Å². The molecule has 1 heterocycles. The second kappa shape index (κ2) is 8.24. The number of hydrogen-bond acceptors (Lipinski definition) is 5. The molecular weight excluding hydrogens is 252 g/mol. The third-order valence-corrected chi connectivity index (χ3v) is 3.59. The number of rotatable bonds is 8. The Kier molecular flexibility index (Phi) is 6.93. The monoisotopic (exact) mass is 272 g/mol. The van der Waals surface area contributed by atoms with E-state index < -0.39 is 6.10 Å². The van der Waals surface area contributed by atoms with Crippen molar-refractivity contribution in [1.29, 1.82) is 0 Å². The van der Waals surface area contributed by atoms with Crippen molar-refractivity contribution < 1.29 is 19.7 Å². The van der Waals surface area contributed by atoms with E-state index in [1.54, 1.807) is 6.07 Å². The van der Waals surface area contributed by atoms with Gasteiger partial charge in [-0.3, -0.25) is 0 Å². The lowest BCUT2D eigenvalue weighted by Crippen LogP contribution is -2.18. The molecule has 0 saturated carbocycles. The maximum Gasteiger partial charge on any atom is 0.348 e. The summed E-state index contributed by atoms with van der Waals surface area (Å²) in [7, 11) is 0. The zero-order chi connectivity index (χ0) is 13.4. The molecule has 0 bridgehead atoms. The molecule has 1 rings (SSSR count). The maximum absolute atomic E-state index is 11.7. The molecule has 0 aliphatic carbocycles. The van der Waals surface area contributed by atoms with Crippen LogP contribution in [0.2, 0.25) is 0 Å². The van der Waals surface area contributed by atoms with Gasteiger partial charge in [0.05, 0.1) is 6.10 Å². The third-order valence-electron chi connectivity index (χ3n) is 2.46. The van der Waals surface area contributed by atoms with Gasteiger partial charge in [0.25, 0.3) is 0 Å². The number of thiophene rings is 1. The predicted molar refractivity (Wildman–Crippen MR) is 70.9 cm³/mol. The Hall–Kier alpha value is -0.910. The van der Waals surface area contributed by atoms with E-state index in [1.807, 2.05) is 6.07 Å². The quantitative estimate of drug-likeness (QED) is 0.710. The highest BCUT2D eigenvalue weighted by Crippen LogP contribution is 2.19. The highest BCUT2D eigenvalue weighted by Gasteiger charge is 2.13. The highest BCUT2D eigenvalue weighted by atomic mass is 32.1. The smallest absolute Gasteiger partial charge is 0.348 e. The minimum atomic E-state index is -0.698. The fourth-order valence-corrected chi connectivity index (χ4v) is 2.52. The molecule has 0 saturated heterocycles. The largest absolute Gasteiger partial charge is 0.459 e. The van der Waals surface area contributed by atoms with E-state index in [9.17, 15) is 9.90 Å². The number of hydrogen-bond donors (Lipinski definition) is 2. The minimum absolute atomic E-state index is 0.0140. The number of ether oxygens (including phenoxy) is 1. The molecule has 18 heavy (non-hydrogen) atoms. The van der Waals surface area contributed by atoms with Gasteiger partial charge < -0.3 is 14.9 Å². The van der Waals surface area contributed by atoms with Crippen molar-refractivity contribution in [3.63, 3.8) is 0 Å². The first-order valence-corrected chi connectivity index (χ1v) is 7.03. The molecule has 0 spiro atoms. The predicted octanol–water partition coefficient (Wildman–Crippen LogP) is 1.99. The summed E-state index contributed by atoms with van der Waals surface area (Å²) in [6, 6.07) is 3.70. The van der Waals surface area contributed by atoms with E-state index in [4.69, 9.17) is 9.84 Å². The molecule has 102 valence electrons. The Balaban J connectivity index is 2.35. The number of aliphatic hydroxyl groups excluding tert-OH is 2. The van der Waals surface area contributed by atoms with Crippen molar-refractivity contribution in [3.8, 4) is 0 Å². The number of aliphatic hydroxyl groups is 2. The molecule has 1 unspecified atom stereocenters. The normalized spacial score (nSPS) is 12.4. The molecule has 1 aromatic heterocycles. The summed E-state index contributed by atoms with van der Waals surface area (Å²) in [6.45, 7) is 2.12. The second-order valence-corrected chi connectivity index (χ2v) is 5.30. The van der Waals surface area contributed by atoms with Crippen molar-refractivity contribution in [2.24, 2.45) is 0 Å². The molecule has 0 amide bonds. The van der Waals surface area contributed by atoms with E-state index in [0.29, 0.717) is 17.7 Å². The van der Waals surface area contributed by atoms with Crippen molar-refractivity contribution in [1.82, 2.24) is 0 Å². The fraction of sp³-hybridized carbons (Fsp3) is 0.615. The van der Waals surface area contributed by atoms with Gasteiger partial charge in [-0.2, -0.15) is 0 Å². The molecule has 1 atom stereocenters. The molecule has 0 radical (unpaired) electrons. The van der Waals surface area contributed by atoms with Crippen molar-refractivity contribution in [2.45, 2.75) is 38.7 Å². The molecule has 1 aromatic rings. The summed E-state index contributed by atoms with van der Waals surface area (Å²) in [4.78, 5) is 13.4. The van der Waals surface area contributed by atoms with Crippen LogP contribution in [0.15, 0.2) is 12.1 Å². The van der Waals surface area contributed by atoms with Crippen LogP contribution >= 0.6 is 11.3 Å². The van der Waals surface area contributed by atoms with Crippen molar-refractivity contribution in [2.75, 3.05) is 13.2 Å². The Morgan fingerprint density at radius 3 is 2.94 bits per heavy atom. The second-order valence-electron chi connectivity index (χ2n) is 4.13. The lowest BCUT2D eigenvalue weighted by Gasteiger charge is -2.09. The van der Waals surface area contributed by atoms with E-state index in [-0.39, 0.29) is 19.2 Å². The van der Waals surface area contributed by atoms with Gasteiger partial charge in [0.15, 0.2) is 0 Å². The van der Waals surface area contributed by atoms with Gasteiger partial charge >= 0.3 is 5.97 Å². The van der Waals surface area contributed by atoms with Gasteiger partial charge in [-0.25, -0.2) is 4.79 Å². The Bertz CT molecular complexity index is 362. The van der Waals surface area contributed by atoms with Crippen LogP contribution < -0.4 is 0 Å².